The second kappa shape index (κ2) is 7.99. The van der Waals surface area contributed by atoms with Crippen molar-refractivity contribution in [2.24, 2.45) is 5.73 Å². The molecule has 1 aliphatic heterocycles. The normalized spacial score (nSPS) is 17.6. The van der Waals surface area contributed by atoms with Crippen LogP contribution in [0.25, 0.3) is 0 Å². The molecule has 3 N–H and O–H groups in total. The van der Waals surface area contributed by atoms with Crippen LogP contribution in [0.1, 0.15) is 5.56 Å². The number of carbonyl (C=O) groups excluding carboxylic acids is 1. The van der Waals surface area contributed by atoms with Crippen LogP contribution in [0, 0.1) is 0 Å². The number of ether oxygens (including phenoxy) is 1. The first-order valence-electron chi connectivity index (χ1n) is 7.13. The van der Waals surface area contributed by atoms with Crippen molar-refractivity contribution in [3.05, 3.63) is 35.9 Å². The van der Waals surface area contributed by atoms with Crippen molar-refractivity contribution in [3.8, 4) is 0 Å². The fourth-order valence-electron chi connectivity index (χ4n) is 2.25. The van der Waals surface area contributed by atoms with Crippen molar-refractivity contribution in [3.63, 3.8) is 0 Å². The first-order valence-corrected chi connectivity index (χ1v) is 7.13. The zero-order valence-electron chi connectivity index (χ0n) is 11.8. The number of hydrogen-bond acceptors (Lipinski definition) is 4. The summed E-state index contributed by atoms with van der Waals surface area (Å²) >= 11 is 0. The Morgan fingerprint density at radius 1 is 1.30 bits per heavy atom. The number of rotatable bonds is 6. The van der Waals surface area contributed by atoms with Gasteiger partial charge in [0.1, 0.15) is 0 Å². The molecule has 0 aromatic heterocycles. The minimum absolute atomic E-state index is 0.0814. The Hall–Kier alpha value is -1.43. The zero-order chi connectivity index (χ0) is 14.2. The number of hydrogen-bond donors (Lipinski definition) is 2. The van der Waals surface area contributed by atoms with E-state index in [-0.39, 0.29) is 5.91 Å². The van der Waals surface area contributed by atoms with E-state index in [9.17, 15) is 4.79 Å². The van der Waals surface area contributed by atoms with Crippen LogP contribution in [0.15, 0.2) is 30.3 Å². The summed E-state index contributed by atoms with van der Waals surface area (Å²) in [5, 5.41) is 2.90. The Labute approximate surface area is 120 Å². The summed E-state index contributed by atoms with van der Waals surface area (Å²) < 4.78 is 5.28. The van der Waals surface area contributed by atoms with Crippen molar-refractivity contribution < 1.29 is 9.53 Å². The highest BCUT2D eigenvalue weighted by Gasteiger charge is 2.14. The maximum absolute atomic E-state index is 11.9. The highest BCUT2D eigenvalue weighted by Crippen LogP contribution is 2.02. The summed E-state index contributed by atoms with van der Waals surface area (Å²) in [6.07, 6.45) is 0.574. The molecule has 1 atom stereocenters. The van der Waals surface area contributed by atoms with Gasteiger partial charge >= 0.3 is 0 Å². The van der Waals surface area contributed by atoms with Gasteiger partial charge in [0, 0.05) is 26.2 Å². The SMILES string of the molecule is N[C@@H](Cc1ccccc1)C(=O)NCCN1CCOCC1. The van der Waals surface area contributed by atoms with Gasteiger partial charge in [-0.2, -0.15) is 0 Å². The Kier molecular flexibility index (Phi) is 5.98. The number of amides is 1. The summed E-state index contributed by atoms with van der Waals surface area (Å²) in [7, 11) is 0. The van der Waals surface area contributed by atoms with Crippen LogP contribution in [0.4, 0.5) is 0 Å². The van der Waals surface area contributed by atoms with E-state index in [0.29, 0.717) is 13.0 Å². The minimum Gasteiger partial charge on any atom is -0.379 e. The lowest BCUT2D eigenvalue weighted by atomic mass is 10.1. The number of benzene rings is 1. The lowest BCUT2D eigenvalue weighted by molar-refractivity contribution is -0.122. The van der Waals surface area contributed by atoms with Crippen LogP contribution < -0.4 is 11.1 Å². The third-order valence-corrected chi connectivity index (χ3v) is 3.47. The number of nitrogens with one attached hydrogen (secondary N) is 1. The predicted molar refractivity (Wildman–Crippen MR) is 78.4 cm³/mol. The predicted octanol–water partition coefficient (Wildman–Crippen LogP) is 0.00480. The van der Waals surface area contributed by atoms with E-state index >= 15 is 0 Å². The largest absolute Gasteiger partial charge is 0.379 e. The molecule has 0 radical (unpaired) electrons. The lowest BCUT2D eigenvalue weighted by Crippen LogP contribution is -2.46. The van der Waals surface area contributed by atoms with E-state index in [1.54, 1.807) is 0 Å². The van der Waals surface area contributed by atoms with Gasteiger partial charge in [0.25, 0.3) is 0 Å². The second-order valence-corrected chi connectivity index (χ2v) is 5.04. The molecule has 0 saturated carbocycles. The number of morpholine rings is 1. The van der Waals surface area contributed by atoms with Crippen molar-refractivity contribution in [1.29, 1.82) is 0 Å². The molecule has 5 nitrogen and oxygen atoms in total. The van der Waals surface area contributed by atoms with E-state index in [2.05, 4.69) is 10.2 Å². The summed E-state index contributed by atoms with van der Waals surface area (Å²) in [6, 6.07) is 9.36. The number of carbonyl (C=O) groups is 1. The quantitative estimate of drug-likeness (QED) is 0.768. The van der Waals surface area contributed by atoms with Crippen LogP contribution in [0.5, 0.6) is 0 Å². The third kappa shape index (κ3) is 4.92. The summed E-state index contributed by atoms with van der Waals surface area (Å²) in [5.74, 6) is -0.0814. The van der Waals surface area contributed by atoms with Gasteiger partial charge in [-0.15, -0.1) is 0 Å². The zero-order valence-corrected chi connectivity index (χ0v) is 11.8. The standard InChI is InChI=1S/C15H23N3O2/c16-14(12-13-4-2-1-3-5-13)15(19)17-6-7-18-8-10-20-11-9-18/h1-5,14H,6-12,16H2,(H,17,19)/t14-/m0/s1. The summed E-state index contributed by atoms with van der Waals surface area (Å²) in [5.41, 5.74) is 7.01. The van der Waals surface area contributed by atoms with Crippen molar-refractivity contribution in [1.82, 2.24) is 10.2 Å². The molecule has 5 heteroatoms. The van der Waals surface area contributed by atoms with E-state index in [1.165, 1.54) is 0 Å². The average molecular weight is 277 g/mol. The molecule has 0 aliphatic carbocycles. The molecule has 1 amide bonds. The summed E-state index contributed by atoms with van der Waals surface area (Å²) in [4.78, 5) is 14.2. The third-order valence-electron chi connectivity index (χ3n) is 3.47. The Morgan fingerprint density at radius 3 is 2.70 bits per heavy atom. The van der Waals surface area contributed by atoms with Crippen molar-refractivity contribution in [2.75, 3.05) is 39.4 Å². The van der Waals surface area contributed by atoms with Crippen LogP contribution in [0.2, 0.25) is 0 Å². The fourth-order valence-corrected chi connectivity index (χ4v) is 2.25. The van der Waals surface area contributed by atoms with Crippen LogP contribution in [-0.4, -0.2) is 56.2 Å². The summed E-state index contributed by atoms with van der Waals surface area (Å²) in [6.45, 7) is 4.93. The van der Waals surface area contributed by atoms with Crippen LogP contribution >= 0.6 is 0 Å². The van der Waals surface area contributed by atoms with Crippen LogP contribution in [-0.2, 0) is 16.0 Å². The molecule has 1 fully saturated rings. The van der Waals surface area contributed by atoms with Gasteiger partial charge < -0.3 is 15.8 Å². The highest BCUT2D eigenvalue weighted by atomic mass is 16.5. The number of nitrogens with zero attached hydrogens (tertiary/aromatic N) is 1. The van der Waals surface area contributed by atoms with E-state index in [1.807, 2.05) is 30.3 Å². The Bertz CT molecular complexity index is 405. The Morgan fingerprint density at radius 2 is 2.00 bits per heavy atom. The molecule has 1 saturated heterocycles. The molecule has 110 valence electrons. The van der Waals surface area contributed by atoms with Crippen molar-refractivity contribution in [2.45, 2.75) is 12.5 Å². The first-order chi connectivity index (χ1) is 9.75. The molecule has 1 heterocycles. The highest BCUT2D eigenvalue weighted by molar-refractivity contribution is 5.81. The molecule has 1 aromatic rings. The van der Waals surface area contributed by atoms with E-state index in [0.717, 1.165) is 38.4 Å². The smallest absolute Gasteiger partial charge is 0.237 e. The van der Waals surface area contributed by atoms with Gasteiger partial charge in [-0.25, -0.2) is 0 Å². The first kappa shape index (κ1) is 15.0. The molecule has 2 rings (SSSR count). The van der Waals surface area contributed by atoms with Crippen LogP contribution in [0.3, 0.4) is 0 Å². The molecule has 0 bridgehead atoms. The van der Waals surface area contributed by atoms with Gasteiger partial charge in [0.05, 0.1) is 19.3 Å². The molecule has 0 spiro atoms. The average Bonchev–Trinajstić information content (AvgIpc) is 2.49. The maximum Gasteiger partial charge on any atom is 0.237 e. The molecule has 1 aromatic carbocycles. The topological polar surface area (TPSA) is 67.6 Å². The van der Waals surface area contributed by atoms with Gasteiger partial charge in [-0.1, -0.05) is 30.3 Å². The fraction of sp³-hybridized carbons (Fsp3) is 0.533. The minimum atomic E-state index is -0.484. The van der Waals surface area contributed by atoms with Gasteiger partial charge in [0.15, 0.2) is 0 Å². The Balaban J connectivity index is 1.66. The van der Waals surface area contributed by atoms with Gasteiger partial charge in [-0.3, -0.25) is 9.69 Å². The monoisotopic (exact) mass is 277 g/mol. The molecular weight excluding hydrogens is 254 g/mol. The maximum atomic E-state index is 11.9. The molecular formula is C15H23N3O2. The van der Waals surface area contributed by atoms with E-state index < -0.39 is 6.04 Å². The van der Waals surface area contributed by atoms with E-state index in [4.69, 9.17) is 10.5 Å². The van der Waals surface area contributed by atoms with Gasteiger partial charge in [-0.05, 0) is 12.0 Å². The van der Waals surface area contributed by atoms with Gasteiger partial charge in [0.2, 0.25) is 5.91 Å². The molecule has 1 aliphatic rings. The van der Waals surface area contributed by atoms with Crippen molar-refractivity contribution >= 4 is 5.91 Å². The lowest BCUT2D eigenvalue weighted by Gasteiger charge is -2.26. The molecule has 20 heavy (non-hydrogen) atoms. The molecule has 0 unspecified atom stereocenters. The number of nitrogens with two attached hydrogens (primary N) is 1. The second-order valence-electron chi connectivity index (χ2n) is 5.04.